The summed E-state index contributed by atoms with van der Waals surface area (Å²) in [6, 6.07) is 16.6. The summed E-state index contributed by atoms with van der Waals surface area (Å²) in [6.45, 7) is 6.40. The van der Waals surface area contributed by atoms with Crippen LogP contribution in [0.15, 0.2) is 53.5 Å². The van der Waals surface area contributed by atoms with Crippen LogP contribution in [0.25, 0.3) is 0 Å². The molecule has 0 saturated carbocycles. The molecule has 1 fully saturated rings. The Labute approximate surface area is 209 Å². The number of ether oxygens (including phenoxy) is 3. The third-order valence-electron chi connectivity index (χ3n) is 5.48. The first-order valence-electron chi connectivity index (χ1n) is 11.0. The molecular formula is C25H36IN3O3. The molecule has 2 aromatic carbocycles. The molecule has 0 atom stereocenters. The van der Waals surface area contributed by atoms with Crippen LogP contribution in [0.5, 0.6) is 5.75 Å². The summed E-state index contributed by atoms with van der Waals surface area (Å²) in [4.78, 5) is 6.47. The van der Waals surface area contributed by atoms with Gasteiger partial charge in [-0.1, -0.05) is 42.5 Å². The van der Waals surface area contributed by atoms with E-state index >= 15 is 0 Å². The van der Waals surface area contributed by atoms with Gasteiger partial charge < -0.3 is 24.4 Å². The van der Waals surface area contributed by atoms with Crippen molar-refractivity contribution in [2.45, 2.75) is 39.0 Å². The second-order valence-electron chi connectivity index (χ2n) is 7.88. The van der Waals surface area contributed by atoms with E-state index in [0.717, 1.165) is 56.4 Å². The molecule has 0 aliphatic carbocycles. The molecular weight excluding hydrogens is 517 g/mol. The highest BCUT2D eigenvalue weighted by molar-refractivity contribution is 14.0. The zero-order valence-electron chi connectivity index (χ0n) is 19.4. The number of aryl methyl sites for hydroxylation is 1. The molecule has 3 rings (SSSR count). The second-order valence-corrected chi connectivity index (χ2v) is 7.88. The molecule has 1 aliphatic rings. The highest BCUT2D eigenvalue weighted by Crippen LogP contribution is 2.16. The molecule has 0 radical (unpaired) electrons. The van der Waals surface area contributed by atoms with Gasteiger partial charge in [-0.25, -0.2) is 0 Å². The lowest BCUT2D eigenvalue weighted by Gasteiger charge is -2.23. The molecule has 176 valence electrons. The summed E-state index contributed by atoms with van der Waals surface area (Å²) in [5.41, 5.74) is 3.56. The minimum Gasteiger partial charge on any atom is -0.491 e. The standard InChI is InChI=1S/C25H35N3O3.HI/c1-20-6-4-5-7-24(20)30-17-14-28(3)25(26-2)27-18-21-8-10-22(11-9-21)19-31-23-12-15-29-16-13-23;/h4-11,23H,12-19H2,1-3H3,(H,26,27);1H. The van der Waals surface area contributed by atoms with Crippen LogP contribution >= 0.6 is 24.0 Å². The number of benzene rings is 2. The van der Waals surface area contributed by atoms with E-state index in [1.165, 1.54) is 11.1 Å². The van der Waals surface area contributed by atoms with Gasteiger partial charge in [0.1, 0.15) is 12.4 Å². The Morgan fingerprint density at radius 2 is 1.78 bits per heavy atom. The van der Waals surface area contributed by atoms with Crippen molar-refractivity contribution in [2.24, 2.45) is 4.99 Å². The summed E-state index contributed by atoms with van der Waals surface area (Å²) in [5.74, 6) is 1.78. The van der Waals surface area contributed by atoms with E-state index in [9.17, 15) is 0 Å². The Morgan fingerprint density at radius 1 is 1.09 bits per heavy atom. The minimum absolute atomic E-state index is 0. The number of guanidine groups is 1. The van der Waals surface area contributed by atoms with Gasteiger partial charge in [-0.15, -0.1) is 24.0 Å². The van der Waals surface area contributed by atoms with Crippen molar-refractivity contribution in [1.82, 2.24) is 10.2 Å². The lowest BCUT2D eigenvalue weighted by atomic mass is 10.1. The first-order valence-corrected chi connectivity index (χ1v) is 11.0. The van der Waals surface area contributed by atoms with Crippen LogP contribution in [-0.2, 0) is 22.6 Å². The van der Waals surface area contributed by atoms with Crippen LogP contribution in [-0.4, -0.2) is 57.4 Å². The fraction of sp³-hybridized carbons (Fsp3) is 0.480. The van der Waals surface area contributed by atoms with Gasteiger partial charge in [0, 0.05) is 33.9 Å². The zero-order chi connectivity index (χ0) is 21.9. The van der Waals surface area contributed by atoms with Crippen LogP contribution in [0.1, 0.15) is 29.5 Å². The lowest BCUT2D eigenvalue weighted by molar-refractivity contribution is -0.0390. The van der Waals surface area contributed by atoms with Crippen molar-refractivity contribution < 1.29 is 14.2 Å². The average molecular weight is 553 g/mol. The predicted octanol–water partition coefficient (Wildman–Crippen LogP) is 4.39. The van der Waals surface area contributed by atoms with E-state index < -0.39 is 0 Å². The topological polar surface area (TPSA) is 55.3 Å². The highest BCUT2D eigenvalue weighted by Gasteiger charge is 2.14. The van der Waals surface area contributed by atoms with Crippen molar-refractivity contribution in [3.63, 3.8) is 0 Å². The molecule has 1 N–H and O–H groups in total. The van der Waals surface area contributed by atoms with Gasteiger partial charge in [-0.2, -0.15) is 0 Å². The number of rotatable bonds is 9. The minimum atomic E-state index is 0. The molecule has 0 bridgehead atoms. The summed E-state index contributed by atoms with van der Waals surface area (Å²) in [6.07, 6.45) is 2.30. The van der Waals surface area contributed by atoms with Crippen LogP contribution in [0.2, 0.25) is 0 Å². The summed E-state index contributed by atoms with van der Waals surface area (Å²) in [7, 11) is 3.82. The average Bonchev–Trinajstić information content (AvgIpc) is 2.81. The summed E-state index contributed by atoms with van der Waals surface area (Å²) >= 11 is 0. The van der Waals surface area contributed by atoms with Crippen LogP contribution < -0.4 is 10.1 Å². The second kappa shape index (κ2) is 14.3. The number of likely N-dealkylation sites (N-methyl/N-ethyl adjacent to an activating group) is 1. The summed E-state index contributed by atoms with van der Waals surface area (Å²) < 4.78 is 17.3. The Kier molecular flexibility index (Phi) is 11.8. The maximum atomic E-state index is 6.00. The molecule has 0 unspecified atom stereocenters. The van der Waals surface area contributed by atoms with Crippen LogP contribution in [0.4, 0.5) is 0 Å². The van der Waals surface area contributed by atoms with E-state index in [1.54, 1.807) is 7.05 Å². The largest absolute Gasteiger partial charge is 0.491 e. The number of hydrogen-bond donors (Lipinski definition) is 1. The number of nitrogens with zero attached hydrogens (tertiary/aromatic N) is 2. The Bertz CT molecular complexity index is 823. The normalized spacial score (nSPS) is 14.5. The number of para-hydroxylation sites is 1. The summed E-state index contributed by atoms with van der Waals surface area (Å²) in [5, 5.41) is 3.42. The number of aliphatic imine (C=N–C) groups is 1. The molecule has 32 heavy (non-hydrogen) atoms. The quantitative estimate of drug-likeness (QED) is 0.284. The monoisotopic (exact) mass is 553 g/mol. The third-order valence-corrected chi connectivity index (χ3v) is 5.48. The molecule has 1 aliphatic heterocycles. The van der Waals surface area contributed by atoms with Crippen molar-refractivity contribution in [1.29, 1.82) is 0 Å². The van der Waals surface area contributed by atoms with Gasteiger partial charge in [0.2, 0.25) is 0 Å². The number of halogens is 1. The SMILES string of the molecule is CN=C(NCc1ccc(COC2CCOCC2)cc1)N(C)CCOc1ccccc1C.I. The molecule has 2 aromatic rings. The Hall–Kier alpha value is -1.84. The smallest absolute Gasteiger partial charge is 0.193 e. The Balaban J connectivity index is 0.00000363. The van der Waals surface area contributed by atoms with E-state index in [4.69, 9.17) is 14.2 Å². The molecule has 0 aromatic heterocycles. The molecule has 0 spiro atoms. The molecule has 0 amide bonds. The first-order chi connectivity index (χ1) is 15.2. The van der Waals surface area contributed by atoms with Crippen molar-refractivity contribution >= 4 is 29.9 Å². The van der Waals surface area contributed by atoms with E-state index in [-0.39, 0.29) is 24.0 Å². The molecule has 1 saturated heterocycles. The number of nitrogens with one attached hydrogen (secondary N) is 1. The van der Waals surface area contributed by atoms with Gasteiger partial charge in [0.05, 0.1) is 19.3 Å². The fourth-order valence-electron chi connectivity index (χ4n) is 3.49. The van der Waals surface area contributed by atoms with Gasteiger partial charge >= 0.3 is 0 Å². The van der Waals surface area contributed by atoms with Crippen LogP contribution in [0.3, 0.4) is 0 Å². The molecule has 6 nitrogen and oxygen atoms in total. The fourth-order valence-corrected chi connectivity index (χ4v) is 3.49. The van der Waals surface area contributed by atoms with E-state index in [0.29, 0.717) is 19.3 Å². The predicted molar refractivity (Wildman–Crippen MR) is 140 cm³/mol. The van der Waals surface area contributed by atoms with Crippen molar-refractivity contribution in [2.75, 3.05) is 40.5 Å². The van der Waals surface area contributed by atoms with E-state index in [1.807, 2.05) is 25.2 Å². The van der Waals surface area contributed by atoms with Crippen molar-refractivity contribution in [3.8, 4) is 5.75 Å². The Morgan fingerprint density at radius 3 is 2.47 bits per heavy atom. The van der Waals surface area contributed by atoms with Gasteiger partial charge in [-0.05, 0) is 42.5 Å². The third kappa shape index (κ3) is 8.60. The van der Waals surface area contributed by atoms with Gasteiger partial charge in [0.25, 0.3) is 0 Å². The van der Waals surface area contributed by atoms with E-state index in [2.05, 4.69) is 52.5 Å². The van der Waals surface area contributed by atoms with Crippen molar-refractivity contribution in [3.05, 3.63) is 65.2 Å². The molecule has 7 heteroatoms. The van der Waals surface area contributed by atoms with Gasteiger partial charge in [0.15, 0.2) is 5.96 Å². The van der Waals surface area contributed by atoms with Crippen LogP contribution in [0, 0.1) is 6.92 Å². The first kappa shape index (κ1) is 26.4. The van der Waals surface area contributed by atoms with Gasteiger partial charge in [-0.3, -0.25) is 4.99 Å². The highest BCUT2D eigenvalue weighted by atomic mass is 127. The lowest BCUT2D eigenvalue weighted by Crippen LogP contribution is -2.40. The number of hydrogen-bond acceptors (Lipinski definition) is 4. The molecule has 1 heterocycles. The zero-order valence-corrected chi connectivity index (χ0v) is 21.7. The maximum absolute atomic E-state index is 6.00. The maximum Gasteiger partial charge on any atom is 0.193 e.